The highest BCUT2D eigenvalue weighted by Gasteiger charge is 2.38. The maximum Gasteiger partial charge on any atom is 0.429 e. The van der Waals surface area contributed by atoms with Crippen LogP contribution >= 0.6 is 0 Å². The summed E-state index contributed by atoms with van der Waals surface area (Å²) in [5, 5.41) is 0. The van der Waals surface area contributed by atoms with Crippen LogP contribution in [0.3, 0.4) is 0 Å². The summed E-state index contributed by atoms with van der Waals surface area (Å²) in [5.41, 5.74) is -2.33. The minimum Gasteiger partial charge on any atom is -0.429 e. The molecule has 3 aromatic carbocycles. The summed E-state index contributed by atoms with van der Waals surface area (Å²) in [4.78, 5) is 0. The van der Waals surface area contributed by atoms with Crippen LogP contribution in [0, 0.1) is 40.8 Å². The number of hydrogen-bond acceptors (Lipinski definition) is 4. The second-order valence-electron chi connectivity index (χ2n) is 8.39. The molecule has 0 radical (unpaired) electrons. The summed E-state index contributed by atoms with van der Waals surface area (Å²) >= 11 is 0. The average Bonchev–Trinajstić information content (AvgIpc) is 2.87. The molecule has 4 rings (SSSR count). The number of rotatable bonds is 8. The molecule has 0 spiro atoms. The van der Waals surface area contributed by atoms with Gasteiger partial charge in [-0.25, -0.2) is 26.3 Å². The fourth-order valence-electron chi connectivity index (χ4n) is 3.78. The Hall–Kier alpha value is -3.22. The molecule has 12 heteroatoms. The minimum atomic E-state index is -4.46. The van der Waals surface area contributed by atoms with Crippen molar-refractivity contribution in [1.82, 2.24) is 0 Å². The molecule has 204 valence electrons. The van der Waals surface area contributed by atoms with Gasteiger partial charge in [0.05, 0.1) is 25.4 Å². The van der Waals surface area contributed by atoms with Crippen LogP contribution in [-0.2, 0) is 20.3 Å². The normalized spacial score (nSPS) is 18.0. The first-order valence-corrected chi connectivity index (χ1v) is 11.3. The van der Waals surface area contributed by atoms with Gasteiger partial charge in [0, 0.05) is 35.8 Å². The summed E-state index contributed by atoms with van der Waals surface area (Å²) in [5.74, 6) is -10.2. The van der Waals surface area contributed by atoms with E-state index < -0.39 is 64.2 Å². The molecule has 1 aliphatic rings. The molecule has 4 nitrogen and oxygen atoms in total. The van der Waals surface area contributed by atoms with Gasteiger partial charge in [-0.05, 0) is 36.8 Å². The lowest BCUT2D eigenvalue weighted by molar-refractivity contribution is -0.213. The molecule has 0 saturated carbocycles. The number of halogens is 8. The lowest BCUT2D eigenvalue weighted by Gasteiger charge is -2.29. The maximum absolute atomic E-state index is 14.9. The van der Waals surface area contributed by atoms with E-state index in [1.54, 1.807) is 0 Å². The van der Waals surface area contributed by atoms with Crippen molar-refractivity contribution in [2.45, 2.75) is 19.3 Å². The zero-order chi connectivity index (χ0) is 27.6. The summed E-state index contributed by atoms with van der Waals surface area (Å²) < 4.78 is 134. The van der Waals surface area contributed by atoms with Gasteiger partial charge in [-0.2, -0.15) is 8.78 Å². The van der Waals surface area contributed by atoms with Crippen LogP contribution in [0.4, 0.5) is 35.1 Å². The highest BCUT2D eigenvalue weighted by Crippen LogP contribution is 2.37. The molecule has 1 aliphatic heterocycles. The minimum absolute atomic E-state index is 0.0805. The van der Waals surface area contributed by atoms with Gasteiger partial charge in [-0.3, -0.25) is 0 Å². The highest BCUT2D eigenvalue weighted by molar-refractivity contribution is 5.65. The summed E-state index contributed by atoms with van der Waals surface area (Å²) in [6.07, 6.45) is -5.64. The standard InChI is InChI=1S/C26H20F8O4/c1-2-35-10-13-11-36-25(37-12-13)17-9-19(27)16(8-20(17)28)14-3-4-18(21(29)5-14)26(33,34)38-15-6-22(30)24(32)23(31)7-15/h3-9,13,25H,2,10-12H2,1H3. The molecule has 0 atom stereocenters. The summed E-state index contributed by atoms with van der Waals surface area (Å²) in [6.45, 7) is 3.08. The number of alkyl halides is 2. The molecule has 1 fully saturated rings. The van der Waals surface area contributed by atoms with Crippen LogP contribution in [0.2, 0.25) is 0 Å². The van der Waals surface area contributed by atoms with Crippen molar-refractivity contribution in [2.75, 3.05) is 26.4 Å². The fourth-order valence-corrected chi connectivity index (χ4v) is 3.78. The van der Waals surface area contributed by atoms with E-state index in [1.807, 2.05) is 6.92 Å². The van der Waals surface area contributed by atoms with Crippen LogP contribution in [0.15, 0.2) is 42.5 Å². The predicted octanol–water partition coefficient (Wildman–Crippen LogP) is 7.01. The first kappa shape index (κ1) is 27.8. The van der Waals surface area contributed by atoms with Gasteiger partial charge in [-0.1, -0.05) is 6.07 Å². The fraction of sp³-hybridized carbons (Fsp3) is 0.308. The number of ether oxygens (including phenoxy) is 4. The first-order valence-electron chi connectivity index (χ1n) is 11.3. The third-order valence-electron chi connectivity index (χ3n) is 5.66. The third-order valence-corrected chi connectivity index (χ3v) is 5.66. The highest BCUT2D eigenvalue weighted by atomic mass is 19.3. The van der Waals surface area contributed by atoms with Crippen LogP contribution in [0.25, 0.3) is 11.1 Å². The van der Waals surface area contributed by atoms with Crippen LogP contribution < -0.4 is 4.74 Å². The number of benzene rings is 3. The van der Waals surface area contributed by atoms with Gasteiger partial charge in [0.1, 0.15) is 23.2 Å². The molecule has 1 heterocycles. The van der Waals surface area contributed by atoms with Crippen molar-refractivity contribution in [3.8, 4) is 16.9 Å². The zero-order valence-corrected chi connectivity index (χ0v) is 19.7. The second kappa shape index (κ2) is 11.3. The lowest BCUT2D eigenvalue weighted by atomic mass is 10.00. The first-order chi connectivity index (χ1) is 18.0. The van der Waals surface area contributed by atoms with E-state index in [4.69, 9.17) is 14.2 Å². The summed E-state index contributed by atoms with van der Waals surface area (Å²) in [7, 11) is 0. The third kappa shape index (κ3) is 5.92. The van der Waals surface area contributed by atoms with Crippen LogP contribution in [0.5, 0.6) is 5.75 Å². The molecule has 0 N–H and O–H groups in total. The van der Waals surface area contributed by atoms with E-state index in [0.717, 1.165) is 18.2 Å². The molecule has 0 unspecified atom stereocenters. The largest absolute Gasteiger partial charge is 0.429 e. The van der Waals surface area contributed by atoms with Crippen molar-refractivity contribution < 1.29 is 54.1 Å². The average molecular weight is 548 g/mol. The Balaban J connectivity index is 1.54. The maximum atomic E-state index is 14.9. The molecular formula is C26H20F8O4. The summed E-state index contributed by atoms with van der Waals surface area (Å²) in [6, 6.07) is 3.81. The zero-order valence-electron chi connectivity index (χ0n) is 19.7. The molecular weight excluding hydrogens is 528 g/mol. The van der Waals surface area contributed by atoms with E-state index in [2.05, 4.69) is 4.74 Å². The Morgan fingerprint density at radius 1 is 0.816 bits per heavy atom. The topological polar surface area (TPSA) is 36.9 Å². The van der Waals surface area contributed by atoms with Crippen molar-refractivity contribution in [2.24, 2.45) is 5.92 Å². The second-order valence-corrected chi connectivity index (χ2v) is 8.39. The van der Waals surface area contributed by atoms with Crippen molar-refractivity contribution in [1.29, 1.82) is 0 Å². The van der Waals surface area contributed by atoms with Gasteiger partial charge in [0.25, 0.3) is 0 Å². The Kier molecular flexibility index (Phi) is 8.24. The van der Waals surface area contributed by atoms with Crippen LogP contribution in [0.1, 0.15) is 24.3 Å². The predicted molar refractivity (Wildman–Crippen MR) is 117 cm³/mol. The molecule has 0 amide bonds. The van der Waals surface area contributed by atoms with Gasteiger partial charge in [0.15, 0.2) is 23.7 Å². The van der Waals surface area contributed by atoms with Crippen molar-refractivity contribution >= 4 is 0 Å². The number of hydrogen-bond donors (Lipinski definition) is 0. The van der Waals surface area contributed by atoms with Gasteiger partial charge in [0.2, 0.25) is 0 Å². The molecule has 0 aliphatic carbocycles. The van der Waals surface area contributed by atoms with Crippen molar-refractivity contribution in [3.05, 3.63) is 88.5 Å². The van der Waals surface area contributed by atoms with Gasteiger partial charge < -0.3 is 18.9 Å². The Morgan fingerprint density at radius 3 is 2.08 bits per heavy atom. The van der Waals surface area contributed by atoms with Crippen molar-refractivity contribution in [3.63, 3.8) is 0 Å². The molecule has 3 aromatic rings. The quantitative estimate of drug-likeness (QED) is 0.224. The molecule has 38 heavy (non-hydrogen) atoms. The lowest BCUT2D eigenvalue weighted by Crippen LogP contribution is -2.30. The van der Waals surface area contributed by atoms with E-state index >= 15 is 0 Å². The smallest absolute Gasteiger partial charge is 0.429 e. The van der Waals surface area contributed by atoms with Crippen LogP contribution in [-0.4, -0.2) is 26.4 Å². The Bertz CT molecular complexity index is 1290. The van der Waals surface area contributed by atoms with E-state index in [0.29, 0.717) is 25.3 Å². The SMILES string of the molecule is CCOCC1COC(c2cc(F)c(-c3ccc(C(F)(F)Oc4cc(F)c(F)c(F)c4)c(F)c3)cc2F)OC1. The molecule has 0 bridgehead atoms. The Morgan fingerprint density at radius 2 is 1.47 bits per heavy atom. The monoisotopic (exact) mass is 548 g/mol. The van der Waals surface area contributed by atoms with Gasteiger partial charge >= 0.3 is 6.11 Å². The Labute approximate surface area is 211 Å². The van der Waals surface area contributed by atoms with E-state index in [-0.39, 0.29) is 42.4 Å². The van der Waals surface area contributed by atoms with E-state index in [1.165, 1.54) is 0 Å². The van der Waals surface area contributed by atoms with Gasteiger partial charge in [-0.15, -0.1) is 0 Å². The van der Waals surface area contributed by atoms with E-state index in [9.17, 15) is 35.1 Å². The molecule has 1 saturated heterocycles. The molecule has 0 aromatic heterocycles.